The molecule has 0 radical (unpaired) electrons. The average molecular weight is 709 g/mol. The molecule has 1 aliphatic heterocycles. The molecule has 0 fully saturated rings. The molecule has 1 unspecified atom stereocenters. The second-order valence-electron chi connectivity index (χ2n) is 14.0. The van der Waals surface area contributed by atoms with Gasteiger partial charge in [0, 0.05) is 49.9 Å². The molecule has 0 saturated heterocycles. The molecular formula is C48H28N4OS. The zero-order chi connectivity index (χ0) is 35.4. The van der Waals surface area contributed by atoms with E-state index >= 15 is 0 Å². The van der Waals surface area contributed by atoms with Gasteiger partial charge < -0.3 is 4.42 Å². The van der Waals surface area contributed by atoms with Crippen molar-refractivity contribution in [1.82, 2.24) is 19.5 Å². The molecule has 54 heavy (non-hydrogen) atoms. The van der Waals surface area contributed by atoms with Crippen LogP contribution >= 0.6 is 11.8 Å². The lowest BCUT2D eigenvalue weighted by Crippen LogP contribution is -2.35. The first-order chi connectivity index (χ1) is 26.8. The summed E-state index contributed by atoms with van der Waals surface area (Å²) in [5.74, 6) is 0.604. The lowest BCUT2D eigenvalue weighted by atomic mass is 9.63. The van der Waals surface area contributed by atoms with E-state index in [4.69, 9.17) is 9.40 Å². The molecule has 6 heteroatoms. The van der Waals surface area contributed by atoms with Crippen molar-refractivity contribution in [3.05, 3.63) is 191 Å². The molecule has 10 aromatic rings. The fourth-order valence-electron chi connectivity index (χ4n) is 8.99. The predicted molar refractivity (Wildman–Crippen MR) is 218 cm³/mol. The van der Waals surface area contributed by atoms with E-state index in [1.54, 1.807) is 12.4 Å². The minimum absolute atomic E-state index is 0.604. The molecule has 5 heterocycles. The van der Waals surface area contributed by atoms with Gasteiger partial charge in [0.1, 0.15) is 16.8 Å². The highest BCUT2D eigenvalue weighted by Crippen LogP contribution is 2.59. The molecule has 12 rings (SSSR count). The summed E-state index contributed by atoms with van der Waals surface area (Å²) in [6.07, 6.45) is 9.95. The Hall–Kier alpha value is -6.76. The first-order valence-corrected chi connectivity index (χ1v) is 18.9. The minimum Gasteiger partial charge on any atom is -0.456 e. The van der Waals surface area contributed by atoms with Crippen LogP contribution in [-0.4, -0.2) is 19.5 Å². The van der Waals surface area contributed by atoms with Crippen LogP contribution in [0.1, 0.15) is 33.4 Å². The summed E-state index contributed by atoms with van der Waals surface area (Å²) in [7, 11) is 0. The van der Waals surface area contributed by atoms with Gasteiger partial charge in [-0.2, -0.15) is 0 Å². The third-order valence-corrected chi connectivity index (χ3v) is 12.4. The number of furan rings is 1. The van der Waals surface area contributed by atoms with Crippen LogP contribution in [0.4, 0.5) is 0 Å². The number of aromatic nitrogens is 4. The van der Waals surface area contributed by atoms with Crippen molar-refractivity contribution >= 4 is 67.8 Å². The lowest BCUT2D eigenvalue weighted by molar-refractivity contribution is 0.659. The molecule has 1 atom stereocenters. The summed E-state index contributed by atoms with van der Waals surface area (Å²) < 4.78 is 8.66. The summed E-state index contributed by atoms with van der Waals surface area (Å²) >= 11 is 1.86. The number of benzene rings is 6. The largest absolute Gasteiger partial charge is 0.456 e. The Balaban J connectivity index is 1.16. The molecule has 2 aliphatic rings. The van der Waals surface area contributed by atoms with E-state index in [0.717, 1.165) is 55.0 Å². The predicted octanol–water partition coefficient (Wildman–Crippen LogP) is 11.9. The SMILES string of the molecule is C1=Cc2ccc(-c3ccc4c(c3)c3cccnc3n4-c3ncccn3)cc2C2(c3ccccc31)c1ccccc1Sc1cc3c(cc12)oc1ccccc13. The average Bonchev–Trinajstić information content (AvgIpc) is 3.72. The van der Waals surface area contributed by atoms with Crippen LogP contribution in [-0.2, 0) is 5.41 Å². The van der Waals surface area contributed by atoms with Crippen LogP contribution in [0.5, 0.6) is 0 Å². The van der Waals surface area contributed by atoms with Gasteiger partial charge in [-0.15, -0.1) is 0 Å². The van der Waals surface area contributed by atoms with Crippen molar-refractivity contribution in [2.75, 3.05) is 0 Å². The number of hydrogen-bond donors (Lipinski definition) is 0. The monoisotopic (exact) mass is 708 g/mol. The minimum atomic E-state index is -0.621. The second kappa shape index (κ2) is 11.1. The quantitative estimate of drug-likeness (QED) is 0.179. The van der Waals surface area contributed by atoms with Crippen molar-refractivity contribution in [3.8, 4) is 17.1 Å². The summed E-state index contributed by atoms with van der Waals surface area (Å²) in [5, 5.41) is 4.45. The van der Waals surface area contributed by atoms with Crippen LogP contribution in [0.2, 0.25) is 0 Å². The Morgan fingerprint density at radius 1 is 0.481 bits per heavy atom. The highest BCUT2D eigenvalue weighted by atomic mass is 32.2. The maximum Gasteiger partial charge on any atom is 0.235 e. The molecule has 0 bridgehead atoms. The van der Waals surface area contributed by atoms with E-state index in [1.807, 2.05) is 36.2 Å². The maximum absolute atomic E-state index is 6.61. The number of para-hydroxylation sites is 1. The van der Waals surface area contributed by atoms with Gasteiger partial charge in [-0.05, 0) is 105 Å². The maximum atomic E-state index is 6.61. The zero-order valence-electron chi connectivity index (χ0n) is 28.8. The van der Waals surface area contributed by atoms with Crippen LogP contribution < -0.4 is 0 Å². The van der Waals surface area contributed by atoms with Gasteiger partial charge in [0.15, 0.2) is 0 Å². The van der Waals surface area contributed by atoms with Gasteiger partial charge in [-0.1, -0.05) is 103 Å². The van der Waals surface area contributed by atoms with Crippen molar-refractivity contribution < 1.29 is 4.42 Å². The Bertz CT molecular complexity index is 3210. The fraction of sp³-hybridized carbons (Fsp3) is 0.0208. The van der Waals surface area contributed by atoms with Crippen molar-refractivity contribution in [1.29, 1.82) is 0 Å². The van der Waals surface area contributed by atoms with Gasteiger partial charge in [0.2, 0.25) is 5.95 Å². The first kappa shape index (κ1) is 29.8. The van der Waals surface area contributed by atoms with E-state index in [2.05, 4.69) is 148 Å². The second-order valence-corrected chi connectivity index (χ2v) is 15.1. The standard InChI is InChI=1S/C48H28N4OS/c1-3-12-37-29(9-1)16-17-30-18-19-32(31-20-21-41-35(25-31)34-11-7-22-49-46(34)52(41)47-50-23-8-24-51-47)26-39(30)48(37)38-13-4-6-15-44(38)54-45-27-36-33-10-2-5-14-42(33)53-43(36)28-40(45)48/h1-28H. The molecule has 0 saturated carbocycles. The number of nitrogens with zero attached hydrogens (tertiary/aromatic N) is 4. The summed E-state index contributed by atoms with van der Waals surface area (Å²) in [5.41, 5.74) is 12.7. The highest BCUT2D eigenvalue weighted by Gasteiger charge is 2.47. The van der Waals surface area contributed by atoms with Gasteiger partial charge >= 0.3 is 0 Å². The van der Waals surface area contributed by atoms with E-state index in [-0.39, 0.29) is 0 Å². The lowest BCUT2D eigenvalue weighted by Gasteiger charge is -2.43. The fourth-order valence-corrected chi connectivity index (χ4v) is 10.2. The molecule has 0 N–H and O–H groups in total. The molecule has 5 nitrogen and oxygen atoms in total. The van der Waals surface area contributed by atoms with E-state index in [1.165, 1.54) is 43.2 Å². The van der Waals surface area contributed by atoms with Gasteiger partial charge in [-0.25, -0.2) is 15.0 Å². The van der Waals surface area contributed by atoms with E-state index in [9.17, 15) is 0 Å². The Labute approximate surface area is 314 Å². The van der Waals surface area contributed by atoms with E-state index < -0.39 is 5.41 Å². The molecular weight excluding hydrogens is 681 g/mol. The van der Waals surface area contributed by atoms with Gasteiger partial charge in [0.25, 0.3) is 0 Å². The van der Waals surface area contributed by atoms with Crippen LogP contribution in [0, 0.1) is 0 Å². The first-order valence-electron chi connectivity index (χ1n) is 18.1. The van der Waals surface area contributed by atoms with Crippen LogP contribution in [0.25, 0.3) is 73.1 Å². The Kier molecular flexibility index (Phi) is 6.13. The summed E-state index contributed by atoms with van der Waals surface area (Å²) in [4.78, 5) is 16.5. The van der Waals surface area contributed by atoms with Crippen LogP contribution in [0.15, 0.2) is 172 Å². The molecule has 6 aromatic carbocycles. The number of pyridine rings is 1. The number of hydrogen-bond acceptors (Lipinski definition) is 5. The van der Waals surface area contributed by atoms with Crippen molar-refractivity contribution in [2.24, 2.45) is 0 Å². The van der Waals surface area contributed by atoms with Gasteiger partial charge in [-0.3, -0.25) is 4.57 Å². The normalized spacial score (nSPS) is 15.7. The molecule has 1 aliphatic carbocycles. The zero-order valence-corrected chi connectivity index (χ0v) is 29.6. The summed E-state index contributed by atoms with van der Waals surface area (Å²) in [6, 6.07) is 50.5. The molecule has 0 amide bonds. The Morgan fingerprint density at radius 2 is 1.22 bits per heavy atom. The van der Waals surface area contributed by atoms with Crippen LogP contribution in [0.3, 0.4) is 0 Å². The smallest absolute Gasteiger partial charge is 0.235 e. The Morgan fingerprint density at radius 3 is 2.15 bits per heavy atom. The third kappa shape index (κ3) is 4.03. The summed E-state index contributed by atoms with van der Waals surface area (Å²) in [6.45, 7) is 0. The topological polar surface area (TPSA) is 56.7 Å². The van der Waals surface area contributed by atoms with Crippen molar-refractivity contribution in [2.45, 2.75) is 15.2 Å². The highest BCUT2D eigenvalue weighted by molar-refractivity contribution is 7.99. The third-order valence-electron chi connectivity index (χ3n) is 11.3. The molecule has 252 valence electrons. The van der Waals surface area contributed by atoms with E-state index in [0.29, 0.717) is 5.95 Å². The molecule has 4 aromatic heterocycles. The van der Waals surface area contributed by atoms with Crippen molar-refractivity contribution in [3.63, 3.8) is 0 Å². The number of fused-ring (bicyclic) bond motifs is 14. The number of rotatable bonds is 2. The molecule has 1 spiro atoms. The van der Waals surface area contributed by atoms with Gasteiger partial charge in [0.05, 0.1) is 10.9 Å².